The Morgan fingerprint density at radius 3 is 2.57 bits per heavy atom. The van der Waals surface area contributed by atoms with Crippen LogP contribution in [0.5, 0.6) is 0 Å². The van der Waals surface area contributed by atoms with Crippen molar-refractivity contribution in [2.45, 2.75) is 58.0 Å². The summed E-state index contributed by atoms with van der Waals surface area (Å²) in [6.45, 7) is 7.36. The fraction of sp³-hybridized carbons (Fsp3) is 0.611. The van der Waals surface area contributed by atoms with Crippen molar-refractivity contribution in [2.24, 2.45) is 5.92 Å². The lowest BCUT2D eigenvalue weighted by Gasteiger charge is -2.35. The molecule has 2 unspecified atom stereocenters. The summed E-state index contributed by atoms with van der Waals surface area (Å²) >= 11 is 0. The largest absolute Gasteiger partial charge is 0.348 e. The SMILES string of the molecule is CC(C)CC(NC(=O)C1(C)CCCCN1)c1ccccc1. The van der Waals surface area contributed by atoms with E-state index in [1.165, 1.54) is 5.56 Å². The molecule has 3 nitrogen and oxygen atoms in total. The summed E-state index contributed by atoms with van der Waals surface area (Å²) in [6, 6.07) is 10.4. The molecule has 1 saturated heterocycles. The van der Waals surface area contributed by atoms with Gasteiger partial charge in [-0.1, -0.05) is 44.2 Å². The van der Waals surface area contributed by atoms with Gasteiger partial charge in [0.25, 0.3) is 0 Å². The lowest BCUT2D eigenvalue weighted by Crippen LogP contribution is -2.57. The molecule has 0 aromatic heterocycles. The number of rotatable bonds is 5. The Hall–Kier alpha value is -1.35. The van der Waals surface area contributed by atoms with E-state index < -0.39 is 5.54 Å². The van der Waals surface area contributed by atoms with Crippen molar-refractivity contribution in [2.75, 3.05) is 6.54 Å². The van der Waals surface area contributed by atoms with Crippen LogP contribution in [0.4, 0.5) is 0 Å². The molecule has 1 aromatic rings. The fourth-order valence-electron chi connectivity index (χ4n) is 3.00. The highest BCUT2D eigenvalue weighted by atomic mass is 16.2. The summed E-state index contributed by atoms with van der Waals surface area (Å²) in [7, 11) is 0. The highest BCUT2D eigenvalue weighted by molar-refractivity contribution is 5.86. The molecular formula is C18H28N2O. The van der Waals surface area contributed by atoms with Crippen molar-refractivity contribution in [1.29, 1.82) is 0 Å². The van der Waals surface area contributed by atoms with E-state index in [2.05, 4.69) is 36.6 Å². The lowest BCUT2D eigenvalue weighted by atomic mass is 9.88. The third-order valence-electron chi connectivity index (χ3n) is 4.33. The Morgan fingerprint density at radius 1 is 1.29 bits per heavy atom. The van der Waals surface area contributed by atoms with E-state index in [9.17, 15) is 4.79 Å². The second-order valence-corrected chi connectivity index (χ2v) is 6.78. The van der Waals surface area contributed by atoms with E-state index >= 15 is 0 Å². The van der Waals surface area contributed by atoms with Gasteiger partial charge >= 0.3 is 0 Å². The summed E-state index contributed by atoms with van der Waals surface area (Å²) in [4.78, 5) is 12.7. The Kier molecular flexibility index (Phi) is 5.40. The van der Waals surface area contributed by atoms with Crippen molar-refractivity contribution in [3.05, 3.63) is 35.9 Å². The molecule has 1 aromatic carbocycles. The first-order valence-corrected chi connectivity index (χ1v) is 8.12. The molecule has 0 saturated carbocycles. The van der Waals surface area contributed by atoms with Crippen molar-refractivity contribution < 1.29 is 4.79 Å². The predicted molar refractivity (Wildman–Crippen MR) is 87.0 cm³/mol. The van der Waals surface area contributed by atoms with Gasteiger partial charge in [0, 0.05) is 0 Å². The summed E-state index contributed by atoms with van der Waals surface area (Å²) in [5.74, 6) is 0.680. The second-order valence-electron chi connectivity index (χ2n) is 6.78. The summed E-state index contributed by atoms with van der Waals surface area (Å²) in [6.07, 6.45) is 4.17. The molecule has 0 aliphatic carbocycles. The smallest absolute Gasteiger partial charge is 0.240 e. The van der Waals surface area contributed by atoms with Crippen LogP contribution in [0, 0.1) is 5.92 Å². The molecule has 21 heavy (non-hydrogen) atoms. The molecule has 2 atom stereocenters. The number of nitrogens with one attached hydrogen (secondary N) is 2. The predicted octanol–water partition coefficient (Wildman–Crippen LogP) is 3.42. The maximum absolute atomic E-state index is 12.7. The number of hydrogen-bond acceptors (Lipinski definition) is 2. The van der Waals surface area contributed by atoms with Crippen LogP contribution in [0.3, 0.4) is 0 Å². The highest BCUT2D eigenvalue weighted by Crippen LogP contribution is 2.24. The zero-order valence-electron chi connectivity index (χ0n) is 13.5. The van der Waals surface area contributed by atoms with E-state index in [-0.39, 0.29) is 11.9 Å². The van der Waals surface area contributed by atoms with Crippen LogP contribution in [-0.4, -0.2) is 18.0 Å². The summed E-state index contributed by atoms with van der Waals surface area (Å²) in [5.41, 5.74) is 0.779. The molecule has 1 fully saturated rings. The third-order valence-corrected chi connectivity index (χ3v) is 4.33. The number of carbonyl (C=O) groups excluding carboxylic acids is 1. The molecule has 3 heteroatoms. The Labute approximate surface area is 128 Å². The fourth-order valence-corrected chi connectivity index (χ4v) is 3.00. The van der Waals surface area contributed by atoms with Crippen molar-refractivity contribution in [1.82, 2.24) is 10.6 Å². The molecule has 0 radical (unpaired) electrons. The minimum absolute atomic E-state index is 0.0965. The molecule has 1 aliphatic rings. The van der Waals surface area contributed by atoms with Crippen LogP contribution in [-0.2, 0) is 4.79 Å². The molecule has 2 rings (SSSR count). The zero-order chi connectivity index (χ0) is 15.3. The molecule has 1 heterocycles. The van der Waals surface area contributed by atoms with E-state index in [0.29, 0.717) is 5.92 Å². The third kappa shape index (κ3) is 4.31. The van der Waals surface area contributed by atoms with Crippen LogP contribution in [0.2, 0.25) is 0 Å². The van der Waals surface area contributed by atoms with Gasteiger partial charge in [0.1, 0.15) is 0 Å². The van der Waals surface area contributed by atoms with E-state index in [1.807, 2.05) is 25.1 Å². The van der Waals surface area contributed by atoms with Gasteiger partial charge in [-0.3, -0.25) is 4.79 Å². The molecule has 116 valence electrons. The number of amides is 1. The topological polar surface area (TPSA) is 41.1 Å². The first-order chi connectivity index (χ1) is 10.0. The Morgan fingerprint density at radius 2 is 2.00 bits per heavy atom. The minimum Gasteiger partial charge on any atom is -0.348 e. The van der Waals surface area contributed by atoms with Crippen molar-refractivity contribution >= 4 is 5.91 Å². The molecule has 1 aliphatic heterocycles. The molecule has 0 spiro atoms. The van der Waals surface area contributed by atoms with E-state index in [4.69, 9.17) is 0 Å². The molecule has 0 bridgehead atoms. The van der Waals surface area contributed by atoms with Gasteiger partial charge < -0.3 is 10.6 Å². The molecule has 2 N–H and O–H groups in total. The summed E-state index contributed by atoms with van der Waals surface area (Å²) < 4.78 is 0. The van der Waals surface area contributed by atoms with Crippen LogP contribution in [0.15, 0.2) is 30.3 Å². The quantitative estimate of drug-likeness (QED) is 0.871. The maximum Gasteiger partial charge on any atom is 0.240 e. The first kappa shape index (κ1) is 16.0. The van der Waals surface area contributed by atoms with E-state index in [1.54, 1.807) is 0 Å². The van der Waals surface area contributed by atoms with Crippen LogP contribution in [0.1, 0.15) is 58.1 Å². The minimum atomic E-state index is -0.414. The van der Waals surface area contributed by atoms with Crippen LogP contribution < -0.4 is 10.6 Å². The Bertz CT molecular complexity index is 450. The van der Waals surface area contributed by atoms with Crippen LogP contribution in [0.25, 0.3) is 0 Å². The van der Waals surface area contributed by atoms with Gasteiger partial charge in [-0.25, -0.2) is 0 Å². The average Bonchev–Trinajstić information content (AvgIpc) is 2.47. The number of benzene rings is 1. The zero-order valence-corrected chi connectivity index (χ0v) is 13.5. The van der Waals surface area contributed by atoms with Gasteiger partial charge in [0.2, 0.25) is 5.91 Å². The Balaban J connectivity index is 2.09. The van der Waals surface area contributed by atoms with Gasteiger partial charge in [-0.05, 0) is 50.6 Å². The summed E-state index contributed by atoms with van der Waals surface area (Å²) in [5, 5.41) is 6.67. The van der Waals surface area contributed by atoms with Crippen molar-refractivity contribution in [3.8, 4) is 0 Å². The van der Waals surface area contributed by atoms with Gasteiger partial charge in [0.15, 0.2) is 0 Å². The lowest BCUT2D eigenvalue weighted by molar-refractivity contribution is -0.128. The second kappa shape index (κ2) is 7.08. The first-order valence-electron chi connectivity index (χ1n) is 8.12. The monoisotopic (exact) mass is 288 g/mol. The number of carbonyl (C=O) groups is 1. The average molecular weight is 288 g/mol. The molecule has 1 amide bonds. The van der Waals surface area contributed by atoms with Gasteiger partial charge in [-0.2, -0.15) is 0 Å². The van der Waals surface area contributed by atoms with Crippen molar-refractivity contribution in [3.63, 3.8) is 0 Å². The normalized spacial score (nSPS) is 23.8. The van der Waals surface area contributed by atoms with Gasteiger partial charge in [0.05, 0.1) is 11.6 Å². The number of hydrogen-bond donors (Lipinski definition) is 2. The number of piperidine rings is 1. The highest BCUT2D eigenvalue weighted by Gasteiger charge is 2.35. The standard InChI is InChI=1S/C18H28N2O/c1-14(2)13-16(15-9-5-4-6-10-15)20-17(21)18(3)11-7-8-12-19-18/h4-6,9-10,14,16,19H,7-8,11-13H2,1-3H3,(H,20,21). The van der Waals surface area contributed by atoms with E-state index in [0.717, 1.165) is 32.2 Å². The molecular weight excluding hydrogens is 260 g/mol. The maximum atomic E-state index is 12.7. The van der Waals surface area contributed by atoms with Gasteiger partial charge in [-0.15, -0.1) is 0 Å². The van der Waals surface area contributed by atoms with Crippen LogP contribution >= 0.6 is 0 Å².